The van der Waals surface area contributed by atoms with Crippen molar-refractivity contribution in [2.24, 2.45) is 0 Å². The van der Waals surface area contributed by atoms with E-state index < -0.39 is 18.1 Å². The molecule has 2 unspecified atom stereocenters. The van der Waals surface area contributed by atoms with E-state index in [9.17, 15) is 9.59 Å². The molecule has 1 aliphatic heterocycles. The standard InChI is InChI=1S/C21H26N2O5S/c1-5-6-19-22-16(12-29-19)15-7-8-18-17(11-15)23(20(24)14(3)28-18)13(2)21(25)27-10-9-26-4/h7-8,11-14H,5-6,9-10H2,1-4H3. The van der Waals surface area contributed by atoms with Crippen molar-refractivity contribution in [3.63, 3.8) is 0 Å². The number of anilines is 1. The van der Waals surface area contributed by atoms with E-state index in [0.29, 0.717) is 18.0 Å². The van der Waals surface area contributed by atoms with Crippen LogP contribution in [-0.2, 0) is 25.5 Å². The molecule has 2 heterocycles. The van der Waals surface area contributed by atoms with E-state index in [1.54, 1.807) is 25.2 Å². The Morgan fingerprint density at radius 2 is 2.17 bits per heavy atom. The van der Waals surface area contributed by atoms with Gasteiger partial charge in [-0.15, -0.1) is 11.3 Å². The van der Waals surface area contributed by atoms with Gasteiger partial charge < -0.3 is 14.2 Å². The Morgan fingerprint density at radius 3 is 2.90 bits per heavy atom. The highest BCUT2D eigenvalue weighted by Gasteiger charge is 2.38. The number of methoxy groups -OCH3 is 1. The van der Waals surface area contributed by atoms with Crippen molar-refractivity contribution in [2.45, 2.75) is 45.8 Å². The van der Waals surface area contributed by atoms with E-state index in [2.05, 4.69) is 11.9 Å². The van der Waals surface area contributed by atoms with Crippen LogP contribution in [0, 0.1) is 0 Å². The van der Waals surface area contributed by atoms with E-state index in [-0.39, 0.29) is 12.5 Å². The minimum atomic E-state index is -0.786. The van der Waals surface area contributed by atoms with Gasteiger partial charge in [-0.3, -0.25) is 9.69 Å². The number of amides is 1. The normalized spacial score (nSPS) is 16.9. The van der Waals surface area contributed by atoms with Crippen LogP contribution >= 0.6 is 11.3 Å². The van der Waals surface area contributed by atoms with E-state index in [1.165, 1.54) is 12.0 Å². The number of rotatable bonds is 8. The SMILES string of the molecule is CCCc1nc(-c2ccc3c(c2)N(C(C)C(=O)OCCOC)C(=O)C(C)O3)cs1. The van der Waals surface area contributed by atoms with E-state index >= 15 is 0 Å². The van der Waals surface area contributed by atoms with Gasteiger partial charge in [-0.1, -0.05) is 6.92 Å². The van der Waals surface area contributed by atoms with E-state index in [0.717, 1.165) is 29.1 Å². The zero-order valence-electron chi connectivity index (χ0n) is 17.1. The van der Waals surface area contributed by atoms with Crippen molar-refractivity contribution in [1.29, 1.82) is 0 Å². The van der Waals surface area contributed by atoms with Crippen LogP contribution in [0.2, 0.25) is 0 Å². The zero-order valence-corrected chi connectivity index (χ0v) is 18.0. The average molecular weight is 419 g/mol. The summed E-state index contributed by atoms with van der Waals surface area (Å²) in [4.78, 5) is 31.5. The van der Waals surface area contributed by atoms with Crippen molar-refractivity contribution in [3.05, 3.63) is 28.6 Å². The molecule has 1 aromatic carbocycles. The third kappa shape index (κ3) is 4.59. The third-order valence-electron chi connectivity index (χ3n) is 4.68. The van der Waals surface area contributed by atoms with Gasteiger partial charge >= 0.3 is 5.97 Å². The lowest BCUT2D eigenvalue weighted by Crippen LogP contribution is -2.52. The van der Waals surface area contributed by atoms with Gasteiger partial charge in [0.1, 0.15) is 18.4 Å². The van der Waals surface area contributed by atoms with Crippen molar-refractivity contribution in [2.75, 3.05) is 25.2 Å². The number of aromatic nitrogens is 1. The van der Waals surface area contributed by atoms with Crippen LogP contribution in [0.15, 0.2) is 23.6 Å². The summed E-state index contributed by atoms with van der Waals surface area (Å²) in [7, 11) is 1.53. The molecule has 2 aromatic rings. The molecule has 0 saturated carbocycles. The first kappa shape index (κ1) is 21.3. The molecule has 3 rings (SSSR count). The maximum atomic E-state index is 12.9. The van der Waals surface area contributed by atoms with Gasteiger partial charge in [0.25, 0.3) is 5.91 Å². The second-order valence-corrected chi connectivity index (χ2v) is 7.81. The maximum Gasteiger partial charge on any atom is 0.329 e. The smallest absolute Gasteiger partial charge is 0.329 e. The Balaban J connectivity index is 1.92. The van der Waals surface area contributed by atoms with Crippen LogP contribution in [0.5, 0.6) is 5.75 Å². The molecule has 0 bridgehead atoms. The topological polar surface area (TPSA) is 78.0 Å². The molecule has 156 valence electrons. The van der Waals surface area contributed by atoms with Gasteiger partial charge in [0.2, 0.25) is 0 Å². The molecule has 7 nitrogen and oxygen atoms in total. The summed E-state index contributed by atoms with van der Waals surface area (Å²) in [6.45, 7) is 5.89. The first-order valence-corrected chi connectivity index (χ1v) is 10.6. The lowest BCUT2D eigenvalue weighted by atomic mass is 10.1. The van der Waals surface area contributed by atoms with Crippen molar-refractivity contribution in [1.82, 2.24) is 4.98 Å². The molecule has 2 atom stereocenters. The summed E-state index contributed by atoms with van der Waals surface area (Å²) in [5.41, 5.74) is 2.27. The number of ether oxygens (including phenoxy) is 3. The molecule has 29 heavy (non-hydrogen) atoms. The molecule has 0 spiro atoms. The van der Waals surface area contributed by atoms with Gasteiger partial charge in [-0.2, -0.15) is 0 Å². The molecule has 0 N–H and O–H groups in total. The molecule has 0 radical (unpaired) electrons. The number of aryl methyl sites for hydroxylation is 1. The Labute approximate surface area is 174 Å². The molecule has 0 fully saturated rings. The lowest BCUT2D eigenvalue weighted by molar-refractivity contribution is -0.147. The largest absolute Gasteiger partial charge is 0.479 e. The average Bonchev–Trinajstić information content (AvgIpc) is 3.17. The van der Waals surface area contributed by atoms with Gasteiger partial charge in [0.15, 0.2) is 6.10 Å². The predicted molar refractivity (Wildman–Crippen MR) is 111 cm³/mol. The number of nitrogens with zero attached hydrogens (tertiary/aromatic N) is 2. The summed E-state index contributed by atoms with van der Waals surface area (Å²) in [5.74, 6) is -0.211. The Bertz CT molecular complexity index is 882. The van der Waals surface area contributed by atoms with Crippen molar-refractivity contribution in [3.8, 4) is 17.0 Å². The second-order valence-electron chi connectivity index (χ2n) is 6.86. The number of benzene rings is 1. The fourth-order valence-electron chi connectivity index (χ4n) is 3.14. The Morgan fingerprint density at radius 1 is 1.38 bits per heavy atom. The van der Waals surface area contributed by atoms with Gasteiger partial charge in [0, 0.05) is 18.1 Å². The molecular weight excluding hydrogens is 392 g/mol. The van der Waals surface area contributed by atoms with Crippen LogP contribution in [0.1, 0.15) is 32.2 Å². The van der Waals surface area contributed by atoms with E-state index in [1.807, 2.05) is 23.6 Å². The second kappa shape index (κ2) is 9.37. The van der Waals surface area contributed by atoms with Crippen LogP contribution in [-0.4, -0.2) is 49.3 Å². The number of carbonyl (C=O) groups is 2. The Kier molecular flexibility index (Phi) is 6.87. The summed E-state index contributed by atoms with van der Waals surface area (Å²) < 4.78 is 15.9. The fourth-order valence-corrected chi connectivity index (χ4v) is 4.05. The van der Waals surface area contributed by atoms with Gasteiger partial charge in [-0.05, 0) is 44.9 Å². The first-order chi connectivity index (χ1) is 14.0. The highest BCUT2D eigenvalue weighted by atomic mass is 32.1. The van der Waals surface area contributed by atoms with Gasteiger partial charge in [-0.25, -0.2) is 9.78 Å². The van der Waals surface area contributed by atoms with Crippen molar-refractivity contribution >= 4 is 28.9 Å². The fraction of sp³-hybridized carbons (Fsp3) is 0.476. The summed E-state index contributed by atoms with van der Waals surface area (Å²) in [6.07, 6.45) is 1.29. The number of fused-ring (bicyclic) bond motifs is 1. The van der Waals surface area contributed by atoms with Crippen LogP contribution < -0.4 is 9.64 Å². The minimum absolute atomic E-state index is 0.139. The molecule has 1 amide bonds. The number of esters is 1. The molecule has 1 aromatic heterocycles. The summed E-state index contributed by atoms with van der Waals surface area (Å²) >= 11 is 1.62. The monoisotopic (exact) mass is 418 g/mol. The first-order valence-electron chi connectivity index (χ1n) is 9.70. The highest BCUT2D eigenvalue weighted by molar-refractivity contribution is 7.09. The molecule has 0 aliphatic carbocycles. The van der Waals surface area contributed by atoms with Crippen LogP contribution in [0.3, 0.4) is 0 Å². The molecular formula is C21H26N2O5S. The quantitative estimate of drug-likeness (QED) is 0.483. The molecule has 1 aliphatic rings. The minimum Gasteiger partial charge on any atom is -0.479 e. The van der Waals surface area contributed by atoms with Crippen molar-refractivity contribution < 1.29 is 23.8 Å². The predicted octanol–water partition coefficient (Wildman–Crippen LogP) is 3.45. The van der Waals surface area contributed by atoms with Crippen LogP contribution in [0.25, 0.3) is 11.3 Å². The number of carbonyl (C=O) groups excluding carboxylic acids is 2. The number of thiazole rings is 1. The Hall–Kier alpha value is -2.45. The number of hydrogen-bond acceptors (Lipinski definition) is 7. The molecule has 0 saturated heterocycles. The van der Waals surface area contributed by atoms with Crippen LogP contribution in [0.4, 0.5) is 5.69 Å². The van der Waals surface area contributed by atoms with E-state index in [4.69, 9.17) is 14.2 Å². The molecule has 8 heteroatoms. The maximum absolute atomic E-state index is 12.9. The number of hydrogen-bond donors (Lipinski definition) is 0. The summed E-state index contributed by atoms with van der Waals surface area (Å²) in [5, 5.41) is 3.08. The zero-order chi connectivity index (χ0) is 21.0. The lowest BCUT2D eigenvalue weighted by Gasteiger charge is -2.36. The van der Waals surface area contributed by atoms with Gasteiger partial charge in [0.05, 0.1) is 23.0 Å². The summed E-state index contributed by atoms with van der Waals surface area (Å²) in [6, 6.07) is 4.81. The highest BCUT2D eigenvalue weighted by Crippen LogP contribution is 2.39. The third-order valence-corrected chi connectivity index (χ3v) is 5.59.